The third-order valence-corrected chi connectivity index (χ3v) is 8.71. The van der Waals surface area contributed by atoms with Crippen LogP contribution in [0.3, 0.4) is 0 Å². The van der Waals surface area contributed by atoms with Gasteiger partial charge >= 0.3 is 0 Å². The zero-order valence-electron chi connectivity index (χ0n) is 15.3. The first-order valence-corrected chi connectivity index (χ1v) is 12.6. The van der Waals surface area contributed by atoms with Crippen molar-refractivity contribution in [3.8, 4) is 9.88 Å². The monoisotopic (exact) mass is 467 g/mol. The number of carbonyl (C=O) groups excluding carboxylic acids is 1. The molecule has 1 aliphatic rings. The number of aromatic nitrogens is 1. The van der Waals surface area contributed by atoms with Gasteiger partial charge in [-0.3, -0.25) is 4.79 Å². The summed E-state index contributed by atoms with van der Waals surface area (Å²) in [7, 11) is -3.41. The van der Waals surface area contributed by atoms with E-state index in [4.69, 9.17) is 11.6 Å². The molecule has 1 fully saturated rings. The number of halogens is 1. The molecule has 3 aromatic rings. The molecule has 2 aromatic heterocycles. The molecule has 0 spiro atoms. The van der Waals surface area contributed by atoms with Crippen LogP contribution in [0, 0.1) is 0 Å². The first-order valence-electron chi connectivity index (χ1n) is 8.95. The summed E-state index contributed by atoms with van der Waals surface area (Å²) in [4.78, 5) is 19.8. The Bertz CT molecular complexity index is 1100. The number of thiazole rings is 1. The highest BCUT2D eigenvalue weighted by Gasteiger charge is 2.30. The maximum Gasteiger partial charge on any atom is 0.273 e. The van der Waals surface area contributed by atoms with E-state index in [1.165, 1.54) is 27.0 Å². The predicted octanol–water partition coefficient (Wildman–Crippen LogP) is 3.81. The zero-order valence-corrected chi connectivity index (χ0v) is 18.5. The summed E-state index contributed by atoms with van der Waals surface area (Å²) in [6.45, 7) is 1.28. The number of carbonyl (C=O) groups is 1. The third-order valence-electron chi connectivity index (χ3n) is 4.62. The molecule has 1 amide bonds. The van der Waals surface area contributed by atoms with Gasteiger partial charge in [0.2, 0.25) is 10.0 Å². The number of nitrogens with zero attached hydrogens (tertiary/aromatic N) is 3. The highest BCUT2D eigenvalue weighted by Crippen LogP contribution is 2.33. The average Bonchev–Trinajstić information content (AvgIpc) is 3.37. The third kappa shape index (κ3) is 4.70. The van der Waals surface area contributed by atoms with Crippen LogP contribution in [0.15, 0.2) is 47.8 Å². The van der Waals surface area contributed by atoms with Gasteiger partial charge in [0.25, 0.3) is 5.91 Å². The normalized spacial score (nSPS) is 15.6. The van der Waals surface area contributed by atoms with Crippen LogP contribution < -0.4 is 0 Å². The van der Waals surface area contributed by atoms with Crippen LogP contribution in [-0.2, 0) is 15.8 Å². The van der Waals surface area contributed by atoms with E-state index in [1.54, 1.807) is 28.5 Å². The van der Waals surface area contributed by atoms with E-state index in [9.17, 15) is 13.2 Å². The minimum Gasteiger partial charge on any atom is -0.335 e. The Morgan fingerprint density at radius 1 is 1.07 bits per heavy atom. The summed E-state index contributed by atoms with van der Waals surface area (Å²) < 4.78 is 27.5. The molecule has 0 radical (unpaired) electrons. The highest BCUT2D eigenvalue weighted by molar-refractivity contribution is 7.88. The molecule has 6 nitrogen and oxygen atoms in total. The molecular formula is C19H18ClN3O3S3. The summed E-state index contributed by atoms with van der Waals surface area (Å²) in [6, 6.07) is 12.8. The van der Waals surface area contributed by atoms with E-state index in [2.05, 4.69) is 4.98 Å². The second-order valence-corrected chi connectivity index (χ2v) is 11.1. The van der Waals surface area contributed by atoms with Crippen LogP contribution in [0.25, 0.3) is 9.88 Å². The summed E-state index contributed by atoms with van der Waals surface area (Å²) in [5, 5.41) is 2.50. The van der Waals surface area contributed by atoms with Crippen molar-refractivity contribution in [1.82, 2.24) is 14.2 Å². The lowest BCUT2D eigenvalue weighted by Gasteiger charge is -2.33. The molecule has 4 rings (SSSR count). The highest BCUT2D eigenvalue weighted by atomic mass is 35.5. The number of sulfonamides is 1. The van der Waals surface area contributed by atoms with E-state index >= 15 is 0 Å². The van der Waals surface area contributed by atoms with Gasteiger partial charge in [0.1, 0.15) is 10.7 Å². The SMILES string of the molecule is O=C(c1csc(-c2ccc(Cl)s2)n1)N1CCN(S(=O)(=O)Cc2ccccc2)CC1. The topological polar surface area (TPSA) is 70.6 Å². The minimum atomic E-state index is -3.41. The number of rotatable bonds is 5. The molecule has 0 aliphatic carbocycles. The quantitative estimate of drug-likeness (QED) is 0.572. The van der Waals surface area contributed by atoms with Gasteiger partial charge in [-0.1, -0.05) is 41.9 Å². The molecule has 0 N–H and O–H groups in total. The number of benzene rings is 1. The number of thiophene rings is 1. The molecule has 10 heteroatoms. The Morgan fingerprint density at radius 2 is 1.79 bits per heavy atom. The molecule has 0 bridgehead atoms. The van der Waals surface area contributed by atoms with Crippen LogP contribution in [0.4, 0.5) is 0 Å². The molecule has 152 valence electrons. The lowest BCUT2D eigenvalue weighted by Crippen LogP contribution is -2.50. The van der Waals surface area contributed by atoms with Crippen molar-refractivity contribution in [2.45, 2.75) is 5.75 Å². The fraction of sp³-hybridized carbons (Fsp3) is 0.263. The van der Waals surface area contributed by atoms with E-state index in [0.717, 1.165) is 15.4 Å². The van der Waals surface area contributed by atoms with Crippen LogP contribution in [-0.4, -0.2) is 54.7 Å². The van der Waals surface area contributed by atoms with Crippen LogP contribution in [0.5, 0.6) is 0 Å². The molecule has 0 unspecified atom stereocenters. The molecule has 1 saturated heterocycles. The molecule has 0 saturated carbocycles. The van der Waals surface area contributed by atoms with Crippen molar-refractivity contribution >= 4 is 50.2 Å². The summed E-state index contributed by atoms with van der Waals surface area (Å²) in [5.41, 5.74) is 1.14. The number of hydrogen-bond acceptors (Lipinski definition) is 6. The van der Waals surface area contributed by atoms with Gasteiger partial charge in [0.15, 0.2) is 0 Å². The Balaban J connectivity index is 1.38. The molecule has 1 aliphatic heterocycles. The van der Waals surface area contributed by atoms with Gasteiger partial charge in [0.05, 0.1) is 15.0 Å². The second-order valence-electron chi connectivity index (χ2n) is 6.57. The molecule has 1 aromatic carbocycles. The van der Waals surface area contributed by atoms with Crippen LogP contribution in [0.1, 0.15) is 16.1 Å². The Labute approximate surface area is 182 Å². The predicted molar refractivity (Wildman–Crippen MR) is 117 cm³/mol. The maximum absolute atomic E-state index is 12.8. The lowest BCUT2D eigenvalue weighted by molar-refractivity contribution is 0.0693. The van der Waals surface area contributed by atoms with Gasteiger partial charge in [-0.05, 0) is 17.7 Å². The van der Waals surface area contributed by atoms with Gasteiger partial charge in [0, 0.05) is 31.6 Å². The van der Waals surface area contributed by atoms with Crippen molar-refractivity contribution in [3.05, 3.63) is 63.4 Å². The van der Waals surface area contributed by atoms with Crippen molar-refractivity contribution in [2.75, 3.05) is 26.2 Å². The smallest absolute Gasteiger partial charge is 0.273 e. The first kappa shape index (κ1) is 20.5. The van der Waals surface area contributed by atoms with E-state index in [1.807, 2.05) is 24.3 Å². The number of amides is 1. The standard InChI is InChI=1S/C19H18ClN3O3S3/c20-17-7-6-16(28-17)18-21-15(12-27-18)19(24)22-8-10-23(11-9-22)29(25,26)13-14-4-2-1-3-5-14/h1-7,12H,8-11,13H2. The zero-order chi connectivity index (χ0) is 20.4. The fourth-order valence-electron chi connectivity index (χ4n) is 3.12. The van der Waals surface area contributed by atoms with Crippen molar-refractivity contribution < 1.29 is 13.2 Å². The van der Waals surface area contributed by atoms with E-state index in [0.29, 0.717) is 36.2 Å². The number of hydrogen-bond donors (Lipinski definition) is 0. The molecule has 3 heterocycles. The van der Waals surface area contributed by atoms with Gasteiger partial charge in [-0.25, -0.2) is 13.4 Å². The lowest BCUT2D eigenvalue weighted by atomic mass is 10.2. The van der Waals surface area contributed by atoms with Crippen molar-refractivity contribution in [2.24, 2.45) is 0 Å². The largest absolute Gasteiger partial charge is 0.335 e. The van der Waals surface area contributed by atoms with Crippen LogP contribution >= 0.6 is 34.3 Å². The Morgan fingerprint density at radius 3 is 2.45 bits per heavy atom. The van der Waals surface area contributed by atoms with Gasteiger partial charge < -0.3 is 4.90 Å². The van der Waals surface area contributed by atoms with E-state index < -0.39 is 10.0 Å². The second kappa shape index (κ2) is 8.53. The first-order chi connectivity index (χ1) is 13.9. The Kier molecular flexibility index (Phi) is 6.03. The average molecular weight is 468 g/mol. The molecular weight excluding hydrogens is 450 g/mol. The molecule has 29 heavy (non-hydrogen) atoms. The summed E-state index contributed by atoms with van der Waals surface area (Å²) in [6.07, 6.45) is 0. The fourth-order valence-corrected chi connectivity index (χ4v) is 6.55. The Hall–Kier alpha value is -1.78. The van der Waals surface area contributed by atoms with Gasteiger partial charge in [-0.2, -0.15) is 4.31 Å². The van der Waals surface area contributed by atoms with Crippen LogP contribution in [0.2, 0.25) is 4.34 Å². The summed E-state index contributed by atoms with van der Waals surface area (Å²) >= 11 is 8.79. The number of piperazine rings is 1. The minimum absolute atomic E-state index is 0.0272. The summed E-state index contributed by atoms with van der Waals surface area (Å²) in [5.74, 6) is -0.198. The van der Waals surface area contributed by atoms with E-state index in [-0.39, 0.29) is 11.7 Å². The van der Waals surface area contributed by atoms with Crippen molar-refractivity contribution in [3.63, 3.8) is 0 Å². The van der Waals surface area contributed by atoms with Gasteiger partial charge in [-0.15, -0.1) is 22.7 Å². The van der Waals surface area contributed by atoms with Crippen molar-refractivity contribution in [1.29, 1.82) is 0 Å². The molecule has 0 atom stereocenters. The maximum atomic E-state index is 12.8.